The highest BCUT2D eigenvalue weighted by Gasteiger charge is 2.29. The van der Waals surface area contributed by atoms with E-state index >= 15 is 0 Å². The number of amides is 1. The quantitative estimate of drug-likeness (QED) is 0.481. The second-order valence-electron chi connectivity index (χ2n) is 8.27. The summed E-state index contributed by atoms with van der Waals surface area (Å²) in [6, 6.07) is 18.4. The molecular formula is C25H29N5O2. The van der Waals surface area contributed by atoms with Gasteiger partial charge in [0.25, 0.3) is 0 Å². The van der Waals surface area contributed by atoms with Crippen LogP contribution in [0.2, 0.25) is 0 Å². The molecule has 0 aliphatic carbocycles. The minimum atomic E-state index is -0.558. The van der Waals surface area contributed by atoms with E-state index in [1.807, 2.05) is 53.5 Å². The van der Waals surface area contributed by atoms with Gasteiger partial charge in [0.2, 0.25) is 5.91 Å². The zero-order valence-corrected chi connectivity index (χ0v) is 18.1. The summed E-state index contributed by atoms with van der Waals surface area (Å²) in [5.74, 6) is 0.896. The first-order valence-electron chi connectivity index (χ1n) is 11.2. The normalized spacial score (nSPS) is 17.3. The van der Waals surface area contributed by atoms with Gasteiger partial charge in [-0.2, -0.15) is 5.21 Å². The first kappa shape index (κ1) is 21.9. The molecule has 2 aromatic carbocycles. The van der Waals surface area contributed by atoms with Crippen molar-refractivity contribution in [2.75, 3.05) is 0 Å². The number of aromatic nitrogens is 4. The molecule has 166 valence electrons. The predicted octanol–water partition coefficient (Wildman–Crippen LogP) is 3.03. The summed E-state index contributed by atoms with van der Waals surface area (Å²) in [4.78, 5) is 14.4. The monoisotopic (exact) mass is 431 g/mol. The lowest BCUT2D eigenvalue weighted by molar-refractivity contribution is -0.129. The first-order chi connectivity index (χ1) is 15.7. The van der Waals surface area contributed by atoms with Gasteiger partial charge in [-0.05, 0) is 36.0 Å². The van der Waals surface area contributed by atoms with E-state index in [-0.39, 0.29) is 11.9 Å². The number of nitrogens with one attached hydrogen (secondary N) is 1. The molecule has 32 heavy (non-hydrogen) atoms. The topological polar surface area (TPSA) is 95.0 Å². The molecule has 1 saturated heterocycles. The van der Waals surface area contributed by atoms with Crippen LogP contribution < -0.4 is 0 Å². The number of aromatic amines is 1. The first-order valence-corrected chi connectivity index (χ1v) is 11.2. The summed E-state index contributed by atoms with van der Waals surface area (Å²) in [5, 5.41) is 24.4. The van der Waals surface area contributed by atoms with Crippen molar-refractivity contribution in [3.63, 3.8) is 0 Å². The number of hydrogen-bond donors (Lipinski definition) is 2. The molecule has 0 spiro atoms. The van der Waals surface area contributed by atoms with Gasteiger partial charge in [-0.25, -0.2) is 0 Å². The number of hydrogen-bond acceptors (Lipinski definition) is 5. The summed E-state index contributed by atoms with van der Waals surface area (Å²) in [6.07, 6.45) is 7.82. The minimum Gasteiger partial charge on any atom is -0.389 e. The molecule has 0 bridgehead atoms. The van der Waals surface area contributed by atoms with E-state index in [0.717, 1.165) is 42.6 Å². The maximum absolute atomic E-state index is 12.5. The van der Waals surface area contributed by atoms with Gasteiger partial charge in [0.1, 0.15) is 0 Å². The minimum absolute atomic E-state index is 0.0230. The van der Waals surface area contributed by atoms with Crippen LogP contribution in [0.25, 0.3) is 0 Å². The van der Waals surface area contributed by atoms with Crippen molar-refractivity contribution in [3.8, 4) is 0 Å². The zero-order chi connectivity index (χ0) is 22.2. The number of nitrogens with zero attached hydrogens (tertiary/aromatic N) is 4. The molecule has 1 aliphatic rings. The van der Waals surface area contributed by atoms with Crippen molar-refractivity contribution in [2.45, 2.75) is 57.2 Å². The Morgan fingerprint density at radius 1 is 1.09 bits per heavy atom. The van der Waals surface area contributed by atoms with Crippen LogP contribution in [0, 0.1) is 0 Å². The lowest BCUT2D eigenvalue weighted by atomic mass is 10.0. The molecule has 1 aliphatic heterocycles. The lowest BCUT2D eigenvalue weighted by Crippen LogP contribution is -2.31. The van der Waals surface area contributed by atoms with Crippen LogP contribution in [-0.2, 0) is 30.6 Å². The van der Waals surface area contributed by atoms with Gasteiger partial charge < -0.3 is 10.0 Å². The Morgan fingerprint density at radius 2 is 1.91 bits per heavy atom. The number of benzene rings is 2. The SMILES string of the molecule is O=C1CCC(C=CC(O)Cc2ccccc2)N1Cc1cccc(CCCc2nn[nH]n2)c1. The van der Waals surface area contributed by atoms with Gasteiger partial charge >= 0.3 is 0 Å². The summed E-state index contributed by atoms with van der Waals surface area (Å²) in [7, 11) is 0. The highest BCUT2D eigenvalue weighted by atomic mass is 16.3. The Labute approximate surface area is 188 Å². The second kappa shape index (κ2) is 10.8. The van der Waals surface area contributed by atoms with E-state index in [1.165, 1.54) is 5.56 Å². The number of carbonyl (C=O) groups excluding carboxylic acids is 1. The number of aryl methyl sites for hydroxylation is 2. The van der Waals surface area contributed by atoms with Crippen molar-refractivity contribution in [3.05, 3.63) is 89.3 Å². The Bertz CT molecular complexity index is 1020. The van der Waals surface area contributed by atoms with Crippen LogP contribution in [0.5, 0.6) is 0 Å². The lowest BCUT2D eigenvalue weighted by Gasteiger charge is -2.23. The van der Waals surface area contributed by atoms with Crippen molar-refractivity contribution < 1.29 is 9.90 Å². The summed E-state index contributed by atoms with van der Waals surface area (Å²) >= 11 is 0. The number of rotatable bonds is 10. The molecule has 4 rings (SSSR count). The zero-order valence-electron chi connectivity index (χ0n) is 18.1. The van der Waals surface area contributed by atoms with Crippen molar-refractivity contribution in [1.29, 1.82) is 0 Å². The Balaban J connectivity index is 1.33. The summed E-state index contributed by atoms with van der Waals surface area (Å²) in [5.41, 5.74) is 3.46. The van der Waals surface area contributed by atoms with Crippen LogP contribution >= 0.6 is 0 Å². The largest absolute Gasteiger partial charge is 0.389 e. The molecule has 2 atom stereocenters. The van der Waals surface area contributed by atoms with Crippen molar-refractivity contribution in [1.82, 2.24) is 25.5 Å². The third-order valence-electron chi connectivity index (χ3n) is 5.82. The number of aliphatic hydroxyl groups is 1. The Morgan fingerprint density at radius 3 is 2.72 bits per heavy atom. The highest BCUT2D eigenvalue weighted by molar-refractivity contribution is 5.79. The molecule has 7 nitrogen and oxygen atoms in total. The van der Waals surface area contributed by atoms with E-state index in [9.17, 15) is 9.90 Å². The summed E-state index contributed by atoms with van der Waals surface area (Å²) < 4.78 is 0. The maximum Gasteiger partial charge on any atom is 0.223 e. The van der Waals surface area contributed by atoms with E-state index in [1.54, 1.807) is 0 Å². The standard InChI is InChI=1S/C25H29N5O2/c31-23(17-20-6-2-1-3-7-20)14-12-22-13-15-25(32)30(22)18-21-10-4-8-19(16-21)9-5-11-24-26-28-29-27-24/h1-4,6-8,10,12,14,16,22-23,31H,5,9,11,13,15,17-18H2,(H,26,27,28,29). The van der Waals surface area contributed by atoms with Gasteiger partial charge in [0.15, 0.2) is 5.82 Å². The fraction of sp³-hybridized carbons (Fsp3) is 0.360. The van der Waals surface area contributed by atoms with E-state index in [4.69, 9.17) is 0 Å². The molecule has 1 aromatic heterocycles. The van der Waals surface area contributed by atoms with Gasteiger partial charge in [0.05, 0.1) is 12.1 Å². The van der Waals surface area contributed by atoms with Crippen LogP contribution in [-0.4, -0.2) is 48.7 Å². The molecule has 2 unspecified atom stereocenters. The number of aliphatic hydroxyl groups excluding tert-OH is 1. The molecule has 1 fully saturated rings. The molecule has 2 N–H and O–H groups in total. The average molecular weight is 432 g/mol. The molecule has 1 amide bonds. The third kappa shape index (κ3) is 6.11. The molecule has 7 heteroatoms. The van der Waals surface area contributed by atoms with E-state index in [2.05, 4.69) is 38.8 Å². The third-order valence-corrected chi connectivity index (χ3v) is 5.82. The Hall–Kier alpha value is -3.32. The molecule has 0 radical (unpaired) electrons. The number of tetrazole rings is 1. The smallest absolute Gasteiger partial charge is 0.223 e. The van der Waals surface area contributed by atoms with Crippen LogP contribution in [0.4, 0.5) is 0 Å². The number of H-pyrrole nitrogens is 1. The summed E-state index contributed by atoms with van der Waals surface area (Å²) in [6.45, 7) is 0.585. The molecular weight excluding hydrogens is 402 g/mol. The van der Waals surface area contributed by atoms with Gasteiger partial charge in [-0.3, -0.25) is 4.79 Å². The van der Waals surface area contributed by atoms with Gasteiger partial charge in [-0.1, -0.05) is 72.0 Å². The van der Waals surface area contributed by atoms with Crippen molar-refractivity contribution >= 4 is 5.91 Å². The maximum atomic E-state index is 12.5. The fourth-order valence-corrected chi connectivity index (χ4v) is 4.16. The molecule has 2 heterocycles. The fourth-order valence-electron chi connectivity index (χ4n) is 4.16. The highest BCUT2D eigenvalue weighted by Crippen LogP contribution is 2.23. The molecule has 0 saturated carbocycles. The number of likely N-dealkylation sites (tertiary alicyclic amines) is 1. The van der Waals surface area contributed by atoms with Crippen LogP contribution in [0.1, 0.15) is 41.8 Å². The van der Waals surface area contributed by atoms with Crippen LogP contribution in [0.3, 0.4) is 0 Å². The number of carbonyl (C=O) groups is 1. The van der Waals surface area contributed by atoms with E-state index < -0.39 is 6.10 Å². The van der Waals surface area contributed by atoms with Gasteiger partial charge in [-0.15, -0.1) is 10.2 Å². The van der Waals surface area contributed by atoms with Crippen molar-refractivity contribution in [2.24, 2.45) is 0 Å². The average Bonchev–Trinajstić information content (AvgIpc) is 3.44. The van der Waals surface area contributed by atoms with Crippen LogP contribution in [0.15, 0.2) is 66.7 Å². The second-order valence-corrected chi connectivity index (χ2v) is 8.27. The van der Waals surface area contributed by atoms with Gasteiger partial charge in [0, 0.05) is 25.8 Å². The van der Waals surface area contributed by atoms with E-state index in [0.29, 0.717) is 19.4 Å². The predicted molar refractivity (Wildman–Crippen MR) is 122 cm³/mol. The Kier molecular flexibility index (Phi) is 7.40. The molecule has 3 aromatic rings.